The van der Waals surface area contributed by atoms with Gasteiger partial charge in [-0.1, -0.05) is 0 Å². The van der Waals surface area contributed by atoms with Crippen molar-refractivity contribution >= 4 is 21.7 Å². The van der Waals surface area contributed by atoms with Gasteiger partial charge < -0.3 is 10.0 Å². The molecule has 1 atom stereocenters. The van der Waals surface area contributed by atoms with E-state index < -0.39 is 0 Å². The van der Waals surface area contributed by atoms with Gasteiger partial charge >= 0.3 is 0 Å². The largest absolute Gasteiger partial charge is 0.396 e. The molecule has 2 heterocycles. The van der Waals surface area contributed by atoms with Crippen LogP contribution >= 0.6 is 15.9 Å². The molecule has 76 valence electrons. The van der Waals surface area contributed by atoms with Crippen LogP contribution in [0, 0.1) is 5.92 Å². The molecule has 0 spiro atoms. The summed E-state index contributed by atoms with van der Waals surface area (Å²) in [4.78, 5) is 10.3. The zero-order valence-electron chi connectivity index (χ0n) is 7.73. The van der Waals surface area contributed by atoms with E-state index in [1.807, 2.05) is 0 Å². The third kappa shape index (κ3) is 1.88. The fourth-order valence-electron chi connectivity index (χ4n) is 1.71. The highest BCUT2D eigenvalue weighted by Crippen LogP contribution is 2.27. The third-order valence-corrected chi connectivity index (χ3v) is 3.05. The summed E-state index contributed by atoms with van der Waals surface area (Å²) < 4.78 is 0.915. The lowest BCUT2D eigenvalue weighted by atomic mass is 10.1. The highest BCUT2D eigenvalue weighted by Gasteiger charge is 2.23. The average Bonchev–Trinajstić information content (AvgIpc) is 2.67. The number of nitrogens with zero attached hydrogens (tertiary/aromatic N) is 3. The predicted molar refractivity (Wildman–Crippen MR) is 57.1 cm³/mol. The van der Waals surface area contributed by atoms with Crippen LogP contribution in [0.15, 0.2) is 17.0 Å². The monoisotopic (exact) mass is 257 g/mol. The number of aromatic nitrogens is 2. The van der Waals surface area contributed by atoms with E-state index in [-0.39, 0.29) is 6.61 Å². The van der Waals surface area contributed by atoms with Crippen LogP contribution in [0.2, 0.25) is 0 Å². The zero-order valence-corrected chi connectivity index (χ0v) is 9.31. The molecule has 0 aliphatic carbocycles. The molecule has 0 bridgehead atoms. The van der Waals surface area contributed by atoms with Crippen LogP contribution in [0.3, 0.4) is 0 Å². The van der Waals surface area contributed by atoms with Crippen LogP contribution in [0.1, 0.15) is 6.42 Å². The second-order valence-corrected chi connectivity index (χ2v) is 4.33. The second kappa shape index (κ2) is 4.23. The molecule has 1 unspecified atom stereocenters. The first-order valence-electron chi connectivity index (χ1n) is 4.62. The Morgan fingerprint density at radius 2 is 2.50 bits per heavy atom. The molecule has 0 amide bonds. The smallest absolute Gasteiger partial charge is 0.146 e. The predicted octanol–water partition coefficient (Wildman–Crippen LogP) is 1.06. The normalized spacial score (nSPS) is 21.6. The Labute approximate surface area is 91.1 Å². The first-order chi connectivity index (χ1) is 6.81. The maximum absolute atomic E-state index is 9.03. The fraction of sp³-hybridized carbons (Fsp3) is 0.556. The minimum Gasteiger partial charge on any atom is -0.396 e. The van der Waals surface area contributed by atoms with Crippen LogP contribution in [-0.4, -0.2) is 34.8 Å². The Kier molecular flexibility index (Phi) is 2.98. The molecule has 5 heteroatoms. The van der Waals surface area contributed by atoms with Crippen LogP contribution in [0.5, 0.6) is 0 Å². The Morgan fingerprint density at radius 1 is 1.64 bits per heavy atom. The van der Waals surface area contributed by atoms with Crippen molar-refractivity contribution in [2.45, 2.75) is 6.42 Å². The molecule has 1 aliphatic rings. The van der Waals surface area contributed by atoms with Gasteiger partial charge in [-0.3, -0.25) is 0 Å². The lowest BCUT2D eigenvalue weighted by Gasteiger charge is -2.17. The van der Waals surface area contributed by atoms with Crippen LogP contribution in [-0.2, 0) is 0 Å². The summed E-state index contributed by atoms with van der Waals surface area (Å²) in [5, 5.41) is 9.03. The molecule has 1 saturated heterocycles. The van der Waals surface area contributed by atoms with Crippen LogP contribution < -0.4 is 4.90 Å². The van der Waals surface area contributed by atoms with Gasteiger partial charge in [-0.05, 0) is 22.4 Å². The Morgan fingerprint density at radius 3 is 3.14 bits per heavy atom. The van der Waals surface area contributed by atoms with Crippen molar-refractivity contribution in [2.75, 3.05) is 24.6 Å². The molecule has 4 nitrogen and oxygen atoms in total. The van der Waals surface area contributed by atoms with Crippen molar-refractivity contribution in [2.24, 2.45) is 5.92 Å². The molecule has 1 N–H and O–H groups in total. The first-order valence-corrected chi connectivity index (χ1v) is 5.42. The van der Waals surface area contributed by atoms with Crippen molar-refractivity contribution in [1.82, 2.24) is 9.97 Å². The van der Waals surface area contributed by atoms with Gasteiger partial charge in [0.2, 0.25) is 0 Å². The quantitative estimate of drug-likeness (QED) is 0.861. The molecule has 14 heavy (non-hydrogen) atoms. The van der Waals surface area contributed by atoms with E-state index in [1.54, 1.807) is 12.5 Å². The van der Waals surface area contributed by atoms with E-state index >= 15 is 0 Å². The van der Waals surface area contributed by atoms with Crippen molar-refractivity contribution in [3.8, 4) is 0 Å². The number of anilines is 1. The molecule has 0 saturated carbocycles. The standard InChI is InChI=1S/C9H12BrN3O/c10-8-3-11-6-12-9(8)13-2-1-7(4-13)5-14/h3,6-7,14H,1-2,4-5H2. The van der Waals surface area contributed by atoms with Gasteiger partial charge in [-0.15, -0.1) is 0 Å². The van der Waals surface area contributed by atoms with Gasteiger partial charge in [-0.2, -0.15) is 0 Å². The molecule has 1 aromatic rings. The lowest BCUT2D eigenvalue weighted by molar-refractivity contribution is 0.238. The average molecular weight is 258 g/mol. The van der Waals surface area contributed by atoms with Gasteiger partial charge in [0, 0.05) is 31.8 Å². The molecule has 0 radical (unpaired) electrons. The van der Waals surface area contributed by atoms with Crippen molar-refractivity contribution in [3.63, 3.8) is 0 Å². The van der Waals surface area contributed by atoms with Gasteiger partial charge in [0.05, 0.1) is 4.47 Å². The van der Waals surface area contributed by atoms with Crippen molar-refractivity contribution in [1.29, 1.82) is 0 Å². The summed E-state index contributed by atoms with van der Waals surface area (Å²) in [6.07, 6.45) is 4.33. The number of hydrogen-bond donors (Lipinski definition) is 1. The summed E-state index contributed by atoms with van der Waals surface area (Å²) in [5.74, 6) is 1.31. The van der Waals surface area contributed by atoms with Gasteiger partial charge in [0.15, 0.2) is 0 Å². The Balaban J connectivity index is 2.13. The van der Waals surface area contributed by atoms with E-state index in [0.717, 1.165) is 29.8 Å². The van der Waals surface area contributed by atoms with E-state index in [0.29, 0.717) is 5.92 Å². The highest BCUT2D eigenvalue weighted by molar-refractivity contribution is 9.10. The number of rotatable bonds is 2. The summed E-state index contributed by atoms with van der Waals surface area (Å²) in [5.41, 5.74) is 0. The molecule has 1 aliphatic heterocycles. The van der Waals surface area contributed by atoms with E-state index in [2.05, 4.69) is 30.8 Å². The Hall–Kier alpha value is -0.680. The lowest BCUT2D eigenvalue weighted by Crippen LogP contribution is -2.22. The van der Waals surface area contributed by atoms with E-state index in [1.165, 1.54) is 0 Å². The third-order valence-electron chi connectivity index (χ3n) is 2.49. The number of aliphatic hydroxyl groups excluding tert-OH is 1. The zero-order chi connectivity index (χ0) is 9.97. The number of aliphatic hydroxyl groups is 1. The maximum atomic E-state index is 9.03. The molecular weight excluding hydrogens is 246 g/mol. The SMILES string of the molecule is OCC1CCN(c2ncncc2Br)C1. The topological polar surface area (TPSA) is 49.2 Å². The van der Waals surface area contributed by atoms with Gasteiger partial charge in [0.25, 0.3) is 0 Å². The first kappa shape index (κ1) is 9.86. The minimum atomic E-state index is 0.263. The van der Waals surface area contributed by atoms with Gasteiger partial charge in [0.1, 0.15) is 12.1 Å². The molecule has 1 aromatic heterocycles. The number of halogens is 1. The minimum absolute atomic E-state index is 0.263. The van der Waals surface area contributed by atoms with E-state index in [9.17, 15) is 0 Å². The van der Waals surface area contributed by atoms with E-state index in [4.69, 9.17) is 5.11 Å². The summed E-state index contributed by atoms with van der Waals surface area (Å²) >= 11 is 3.42. The fourth-order valence-corrected chi connectivity index (χ4v) is 2.18. The number of hydrogen-bond acceptors (Lipinski definition) is 4. The molecule has 0 aromatic carbocycles. The Bertz CT molecular complexity index is 321. The summed E-state index contributed by atoms with van der Waals surface area (Å²) in [6.45, 7) is 2.10. The highest BCUT2D eigenvalue weighted by atomic mass is 79.9. The van der Waals surface area contributed by atoms with Gasteiger partial charge in [-0.25, -0.2) is 9.97 Å². The maximum Gasteiger partial charge on any atom is 0.146 e. The van der Waals surface area contributed by atoms with Crippen LogP contribution in [0.25, 0.3) is 0 Å². The second-order valence-electron chi connectivity index (χ2n) is 3.48. The van der Waals surface area contributed by atoms with Crippen LogP contribution in [0.4, 0.5) is 5.82 Å². The van der Waals surface area contributed by atoms with Crippen molar-refractivity contribution in [3.05, 3.63) is 17.0 Å². The summed E-state index contributed by atoms with van der Waals surface area (Å²) in [7, 11) is 0. The van der Waals surface area contributed by atoms with Crippen molar-refractivity contribution < 1.29 is 5.11 Å². The molecule has 1 fully saturated rings. The molecular formula is C9H12BrN3O. The molecule has 2 rings (SSSR count). The summed E-state index contributed by atoms with van der Waals surface area (Å²) in [6, 6.07) is 0.